The fourth-order valence-corrected chi connectivity index (χ4v) is 1.87. The number of aromatic carboxylic acids is 1. The number of hydrogen-bond donors (Lipinski definition) is 3. The predicted molar refractivity (Wildman–Crippen MR) is 69.1 cm³/mol. The first-order valence-corrected chi connectivity index (χ1v) is 5.56. The summed E-state index contributed by atoms with van der Waals surface area (Å²) in [4.78, 5) is 32.6. The number of pyridine rings is 1. The molecular formula is C13H9N3O3. The Labute approximate surface area is 106 Å². The highest BCUT2D eigenvalue weighted by atomic mass is 16.4. The van der Waals surface area contributed by atoms with E-state index in [9.17, 15) is 9.59 Å². The molecule has 0 spiro atoms. The van der Waals surface area contributed by atoms with Gasteiger partial charge >= 0.3 is 5.97 Å². The SMILES string of the molecule is O=C(O)c1ccc2nc(-c3c[nH]ccc3=O)[nH]c2c1. The van der Waals surface area contributed by atoms with Gasteiger partial charge in [0.2, 0.25) is 0 Å². The van der Waals surface area contributed by atoms with Crippen LogP contribution in [0.2, 0.25) is 0 Å². The highest BCUT2D eigenvalue weighted by molar-refractivity contribution is 5.92. The number of nitrogens with one attached hydrogen (secondary N) is 2. The number of rotatable bonds is 2. The normalized spacial score (nSPS) is 10.7. The smallest absolute Gasteiger partial charge is 0.335 e. The predicted octanol–water partition coefficient (Wildman–Crippen LogP) is 1.62. The van der Waals surface area contributed by atoms with Crippen molar-refractivity contribution in [3.8, 4) is 11.4 Å². The highest BCUT2D eigenvalue weighted by Crippen LogP contribution is 2.18. The number of aromatic nitrogens is 3. The van der Waals surface area contributed by atoms with Crippen LogP contribution in [-0.4, -0.2) is 26.0 Å². The molecule has 2 heterocycles. The zero-order valence-electron chi connectivity index (χ0n) is 9.68. The molecule has 0 saturated heterocycles. The molecule has 0 unspecified atom stereocenters. The van der Waals surface area contributed by atoms with Crippen LogP contribution >= 0.6 is 0 Å². The summed E-state index contributed by atoms with van der Waals surface area (Å²) in [6.07, 6.45) is 3.09. The molecule has 3 aromatic rings. The van der Waals surface area contributed by atoms with Crippen molar-refractivity contribution in [1.29, 1.82) is 0 Å². The third kappa shape index (κ3) is 1.89. The number of carboxylic acid groups (broad SMARTS) is 1. The average molecular weight is 255 g/mol. The molecule has 0 bridgehead atoms. The van der Waals surface area contributed by atoms with Crippen molar-refractivity contribution in [3.05, 3.63) is 52.4 Å². The van der Waals surface area contributed by atoms with E-state index in [2.05, 4.69) is 15.0 Å². The Hall–Kier alpha value is -2.89. The minimum absolute atomic E-state index is 0.156. The molecule has 0 radical (unpaired) electrons. The maximum absolute atomic E-state index is 11.7. The van der Waals surface area contributed by atoms with Crippen LogP contribution < -0.4 is 5.43 Å². The van der Waals surface area contributed by atoms with Gasteiger partial charge in [-0.15, -0.1) is 0 Å². The summed E-state index contributed by atoms with van der Waals surface area (Å²) < 4.78 is 0. The number of fused-ring (bicyclic) bond motifs is 1. The van der Waals surface area contributed by atoms with Gasteiger partial charge in [0, 0.05) is 18.5 Å². The third-order valence-corrected chi connectivity index (χ3v) is 2.81. The molecule has 0 amide bonds. The van der Waals surface area contributed by atoms with Gasteiger partial charge in [-0.3, -0.25) is 4.79 Å². The van der Waals surface area contributed by atoms with Gasteiger partial charge in [0.05, 0.1) is 22.2 Å². The zero-order chi connectivity index (χ0) is 13.4. The minimum atomic E-state index is -1.00. The van der Waals surface area contributed by atoms with E-state index < -0.39 is 5.97 Å². The fraction of sp³-hybridized carbons (Fsp3) is 0. The molecule has 6 heteroatoms. The number of carbonyl (C=O) groups is 1. The molecule has 2 aromatic heterocycles. The van der Waals surface area contributed by atoms with Gasteiger partial charge in [-0.25, -0.2) is 9.78 Å². The molecule has 3 N–H and O–H groups in total. The lowest BCUT2D eigenvalue weighted by molar-refractivity contribution is 0.0697. The van der Waals surface area contributed by atoms with E-state index in [0.717, 1.165) is 0 Å². The average Bonchev–Trinajstić information content (AvgIpc) is 2.81. The van der Waals surface area contributed by atoms with E-state index in [4.69, 9.17) is 5.11 Å². The van der Waals surface area contributed by atoms with Crippen molar-refractivity contribution >= 4 is 17.0 Å². The third-order valence-electron chi connectivity index (χ3n) is 2.81. The number of nitrogens with zero attached hydrogens (tertiary/aromatic N) is 1. The number of H-pyrrole nitrogens is 2. The highest BCUT2D eigenvalue weighted by Gasteiger charge is 2.10. The van der Waals surface area contributed by atoms with Crippen LogP contribution in [0.5, 0.6) is 0 Å². The molecule has 6 nitrogen and oxygen atoms in total. The Balaban J connectivity index is 2.20. The molecule has 3 rings (SSSR count). The van der Waals surface area contributed by atoms with Gasteiger partial charge in [-0.05, 0) is 18.2 Å². The standard InChI is InChI=1S/C13H9N3O3/c17-11-3-4-14-6-8(11)12-15-9-2-1-7(13(18)19)5-10(9)16-12/h1-6H,(H,14,17)(H,15,16)(H,18,19). The molecule has 0 aliphatic carbocycles. The Morgan fingerprint density at radius 1 is 1.26 bits per heavy atom. The molecule has 0 aliphatic rings. The molecule has 94 valence electrons. The summed E-state index contributed by atoms with van der Waals surface area (Å²) in [6, 6.07) is 5.98. The van der Waals surface area contributed by atoms with Gasteiger partial charge in [-0.1, -0.05) is 0 Å². The summed E-state index contributed by atoms with van der Waals surface area (Å²) in [7, 11) is 0. The maximum Gasteiger partial charge on any atom is 0.335 e. The molecule has 0 aliphatic heterocycles. The fourth-order valence-electron chi connectivity index (χ4n) is 1.87. The molecule has 0 fully saturated rings. The molecule has 0 saturated carbocycles. The van der Waals surface area contributed by atoms with Crippen LogP contribution in [0.1, 0.15) is 10.4 Å². The lowest BCUT2D eigenvalue weighted by atomic mass is 10.2. The summed E-state index contributed by atoms with van der Waals surface area (Å²) >= 11 is 0. The van der Waals surface area contributed by atoms with Gasteiger partial charge in [0.25, 0.3) is 0 Å². The second-order valence-electron chi connectivity index (χ2n) is 4.04. The first-order valence-electron chi connectivity index (χ1n) is 5.56. The lowest BCUT2D eigenvalue weighted by Crippen LogP contribution is -2.03. The number of aromatic amines is 2. The summed E-state index contributed by atoms with van der Waals surface area (Å²) in [5, 5.41) is 8.92. The monoisotopic (exact) mass is 255 g/mol. The van der Waals surface area contributed by atoms with Crippen molar-refractivity contribution in [2.45, 2.75) is 0 Å². The number of hydrogen-bond acceptors (Lipinski definition) is 3. The van der Waals surface area contributed by atoms with E-state index in [1.54, 1.807) is 12.3 Å². The van der Waals surface area contributed by atoms with Crippen molar-refractivity contribution in [2.24, 2.45) is 0 Å². The largest absolute Gasteiger partial charge is 0.478 e. The quantitative estimate of drug-likeness (QED) is 0.647. The van der Waals surface area contributed by atoms with Crippen molar-refractivity contribution < 1.29 is 9.90 Å². The van der Waals surface area contributed by atoms with Gasteiger partial charge < -0.3 is 15.1 Å². The van der Waals surface area contributed by atoms with Crippen LogP contribution in [0.25, 0.3) is 22.4 Å². The topological polar surface area (TPSA) is 98.8 Å². The zero-order valence-corrected chi connectivity index (χ0v) is 9.68. The van der Waals surface area contributed by atoms with Crippen LogP contribution in [0.15, 0.2) is 41.5 Å². The number of imidazole rings is 1. The van der Waals surface area contributed by atoms with Gasteiger partial charge in [-0.2, -0.15) is 0 Å². The van der Waals surface area contributed by atoms with Gasteiger partial charge in [0.15, 0.2) is 5.43 Å². The van der Waals surface area contributed by atoms with Crippen LogP contribution in [-0.2, 0) is 0 Å². The molecule has 1 aromatic carbocycles. The van der Waals surface area contributed by atoms with Crippen molar-refractivity contribution in [1.82, 2.24) is 15.0 Å². The van der Waals surface area contributed by atoms with E-state index >= 15 is 0 Å². The summed E-state index contributed by atoms with van der Waals surface area (Å²) in [5.74, 6) is -0.588. The minimum Gasteiger partial charge on any atom is -0.478 e. The second-order valence-corrected chi connectivity index (χ2v) is 4.04. The van der Waals surface area contributed by atoms with E-state index in [1.165, 1.54) is 24.4 Å². The van der Waals surface area contributed by atoms with Crippen LogP contribution in [0.3, 0.4) is 0 Å². The Morgan fingerprint density at radius 2 is 2.11 bits per heavy atom. The van der Waals surface area contributed by atoms with Crippen LogP contribution in [0, 0.1) is 0 Å². The summed E-state index contributed by atoms with van der Waals surface area (Å²) in [6.45, 7) is 0. The van der Waals surface area contributed by atoms with E-state index in [0.29, 0.717) is 22.4 Å². The number of benzene rings is 1. The lowest BCUT2D eigenvalue weighted by Gasteiger charge is -1.93. The van der Waals surface area contributed by atoms with Crippen molar-refractivity contribution in [3.63, 3.8) is 0 Å². The van der Waals surface area contributed by atoms with E-state index in [-0.39, 0.29) is 11.0 Å². The second kappa shape index (κ2) is 4.09. The molecular weight excluding hydrogens is 246 g/mol. The summed E-state index contributed by atoms with van der Waals surface area (Å²) in [5.41, 5.74) is 1.62. The number of carboxylic acids is 1. The van der Waals surface area contributed by atoms with E-state index in [1.807, 2.05) is 0 Å². The first kappa shape index (κ1) is 11.2. The Morgan fingerprint density at radius 3 is 2.84 bits per heavy atom. The van der Waals surface area contributed by atoms with Crippen LogP contribution in [0.4, 0.5) is 0 Å². The van der Waals surface area contributed by atoms with Crippen molar-refractivity contribution in [2.75, 3.05) is 0 Å². The first-order chi connectivity index (χ1) is 9.15. The Bertz CT molecular complexity index is 832. The molecule has 0 atom stereocenters. The maximum atomic E-state index is 11.7. The van der Waals surface area contributed by atoms with Gasteiger partial charge in [0.1, 0.15) is 5.82 Å². The molecule has 19 heavy (non-hydrogen) atoms. The Kier molecular flexibility index (Phi) is 2.42.